The summed E-state index contributed by atoms with van der Waals surface area (Å²) in [6, 6.07) is 0. The van der Waals surface area contributed by atoms with Gasteiger partial charge in [0.25, 0.3) is 0 Å². The fraction of sp³-hybridized carbons (Fsp3) is 0.737. The third-order valence-electron chi connectivity index (χ3n) is 4.91. The fourth-order valence-electron chi connectivity index (χ4n) is 3.85. The lowest BCUT2D eigenvalue weighted by molar-refractivity contribution is 0.00923. The summed E-state index contributed by atoms with van der Waals surface area (Å²) in [4.78, 5) is 26.2. The molecule has 7 heteroatoms. The van der Waals surface area contributed by atoms with Crippen LogP contribution in [0.15, 0.2) is 0 Å². The van der Waals surface area contributed by atoms with Crippen molar-refractivity contribution in [1.29, 1.82) is 0 Å². The molecule has 1 saturated carbocycles. The van der Waals surface area contributed by atoms with Gasteiger partial charge in [0.1, 0.15) is 5.60 Å². The molecule has 3 rings (SSSR count). The van der Waals surface area contributed by atoms with Crippen molar-refractivity contribution in [2.24, 2.45) is 11.3 Å². The van der Waals surface area contributed by atoms with E-state index in [-0.39, 0.29) is 12.1 Å². The maximum Gasteiger partial charge on any atom is 0.410 e. The normalized spacial score (nSPS) is 19.5. The second-order valence-electron chi connectivity index (χ2n) is 9.22. The average molecular weight is 363 g/mol. The van der Waals surface area contributed by atoms with Gasteiger partial charge in [-0.1, -0.05) is 13.8 Å². The van der Waals surface area contributed by atoms with Gasteiger partial charge in [-0.3, -0.25) is 5.10 Å². The van der Waals surface area contributed by atoms with Crippen LogP contribution in [0.2, 0.25) is 0 Å². The molecule has 0 radical (unpaired) electrons. The van der Waals surface area contributed by atoms with Gasteiger partial charge in [-0.25, -0.2) is 9.59 Å². The monoisotopic (exact) mass is 363 g/mol. The van der Waals surface area contributed by atoms with Gasteiger partial charge in [0, 0.05) is 12.1 Å². The predicted octanol–water partition coefficient (Wildman–Crippen LogP) is 3.30. The van der Waals surface area contributed by atoms with E-state index in [9.17, 15) is 9.59 Å². The number of aromatic amines is 1. The van der Waals surface area contributed by atoms with Gasteiger partial charge in [-0.2, -0.15) is 5.10 Å². The highest BCUT2D eigenvalue weighted by atomic mass is 16.6. The van der Waals surface area contributed by atoms with Crippen molar-refractivity contribution < 1.29 is 19.1 Å². The van der Waals surface area contributed by atoms with Crippen molar-refractivity contribution >= 4 is 12.1 Å². The zero-order valence-corrected chi connectivity index (χ0v) is 16.3. The summed E-state index contributed by atoms with van der Waals surface area (Å²) in [5, 5.41) is 7.02. The Hall–Kier alpha value is -2.05. The fourth-order valence-corrected chi connectivity index (χ4v) is 3.85. The lowest BCUT2D eigenvalue weighted by Gasteiger charge is -2.42. The third-order valence-corrected chi connectivity index (χ3v) is 4.91. The smallest absolute Gasteiger partial charge is 0.410 e. The molecule has 1 aliphatic carbocycles. The molecule has 1 N–H and O–H groups in total. The number of aromatic nitrogens is 2. The minimum atomic E-state index is -0.531. The van der Waals surface area contributed by atoms with Gasteiger partial charge < -0.3 is 14.4 Å². The number of rotatable bonds is 3. The van der Waals surface area contributed by atoms with Gasteiger partial charge in [0.05, 0.1) is 18.8 Å². The van der Waals surface area contributed by atoms with E-state index in [4.69, 9.17) is 9.47 Å². The highest BCUT2D eigenvalue weighted by Crippen LogP contribution is 2.44. The quantitative estimate of drug-likeness (QED) is 0.833. The number of fused-ring (bicyclic) bond motifs is 1. The van der Waals surface area contributed by atoms with Crippen molar-refractivity contribution in [3.05, 3.63) is 17.0 Å². The van der Waals surface area contributed by atoms with Gasteiger partial charge in [0.2, 0.25) is 0 Å². The summed E-state index contributed by atoms with van der Waals surface area (Å²) in [6.45, 7) is 11.3. The number of hydrogen-bond donors (Lipinski definition) is 1. The van der Waals surface area contributed by atoms with Crippen LogP contribution in [0.4, 0.5) is 4.79 Å². The minimum absolute atomic E-state index is 0.349. The summed E-state index contributed by atoms with van der Waals surface area (Å²) in [7, 11) is 0. The number of nitrogens with one attached hydrogen (secondary N) is 1. The molecule has 0 spiro atoms. The maximum atomic E-state index is 12.4. The first kappa shape index (κ1) is 18.7. The summed E-state index contributed by atoms with van der Waals surface area (Å²) < 4.78 is 10.9. The van der Waals surface area contributed by atoms with E-state index in [0.29, 0.717) is 43.1 Å². The Morgan fingerprint density at radius 1 is 1.31 bits per heavy atom. The Morgan fingerprint density at radius 2 is 2.00 bits per heavy atom. The van der Waals surface area contributed by atoms with E-state index in [1.54, 1.807) is 4.90 Å². The van der Waals surface area contributed by atoms with Crippen LogP contribution in [0, 0.1) is 11.3 Å². The molecule has 0 unspecified atom stereocenters. The molecule has 1 aromatic heterocycles. The van der Waals surface area contributed by atoms with Crippen LogP contribution in [0.1, 0.15) is 69.2 Å². The van der Waals surface area contributed by atoms with E-state index in [1.165, 1.54) is 0 Å². The zero-order valence-electron chi connectivity index (χ0n) is 16.3. The first-order chi connectivity index (χ1) is 12.0. The molecule has 26 heavy (non-hydrogen) atoms. The summed E-state index contributed by atoms with van der Waals surface area (Å²) in [6.07, 6.45) is 2.38. The van der Waals surface area contributed by atoms with Crippen LogP contribution in [0.3, 0.4) is 0 Å². The molecule has 0 bridgehead atoms. The molecule has 1 aromatic rings. The number of H-pyrrole nitrogens is 1. The van der Waals surface area contributed by atoms with Crippen LogP contribution in [0.5, 0.6) is 0 Å². The van der Waals surface area contributed by atoms with Crippen molar-refractivity contribution in [2.75, 3.05) is 13.2 Å². The Morgan fingerprint density at radius 3 is 2.62 bits per heavy atom. The molecular formula is C19H29N3O4. The van der Waals surface area contributed by atoms with E-state index in [1.807, 2.05) is 20.8 Å². The highest BCUT2D eigenvalue weighted by molar-refractivity contribution is 5.89. The molecule has 0 atom stereocenters. The van der Waals surface area contributed by atoms with E-state index in [0.717, 1.165) is 24.1 Å². The molecule has 0 saturated heterocycles. The number of carbonyl (C=O) groups excluding carboxylic acids is 2. The van der Waals surface area contributed by atoms with Crippen molar-refractivity contribution in [2.45, 2.75) is 66.0 Å². The molecule has 1 fully saturated rings. The van der Waals surface area contributed by atoms with Crippen molar-refractivity contribution in [1.82, 2.24) is 15.1 Å². The van der Waals surface area contributed by atoms with Gasteiger partial charge >= 0.3 is 12.1 Å². The largest absolute Gasteiger partial charge is 0.461 e. The standard InChI is InChI=1S/C19H29N3O4/c1-18(2,3)26-17(24)22-7-6-13-14(10-22)20-21-15(13)16(23)25-11-12-8-19(4,5)9-12/h12H,6-11H2,1-5H3,(H,20,21). The zero-order chi connectivity index (χ0) is 19.1. The minimum Gasteiger partial charge on any atom is -0.461 e. The molecule has 7 nitrogen and oxygen atoms in total. The summed E-state index contributed by atoms with van der Waals surface area (Å²) >= 11 is 0. The maximum absolute atomic E-state index is 12.4. The Kier molecular flexibility index (Phi) is 4.75. The Balaban J connectivity index is 1.57. The van der Waals surface area contributed by atoms with Crippen molar-refractivity contribution in [3.63, 3.8) is 0 Å². The predicted molar refractivity (Wildman–Crippen MR) is 95.7 cm³/mol. The molecular weight excluding hydrogens is 334 g/mol. The van der Waals surface area contributed by atoms with Gasteiger partial charge in [0.15, 0.2) is 5.69 Å². The number of hydrogen-bond acceptors (Lipinski definition) is 5. The third kappa shape index (κ3) is 4.19. The lowest BCUT2D eigenvalue weighted by atomic mass is 9.65. The Labute approximate surface area is 154 Å². The van der Waals surface area contributed by atoms with Crippen LogP contribution in [-0.4, -0.2) is 45.9 Å². The van der Waals surface area contributed by atoms with Crippen LogP contribution in [0.25, 0.3) is 0 Å². The van der Waals surface area contributed by atoms with Gasteiger partial charge in [-0.15, -0.1) is 0 Å². The number of esters is 1. The second kappa shape index (κ2) is 6.59. The van der Waals surface area contributed by atoms with E-state index in [2.05, 4.69) is 24.0 Å². The first-order valence-electron chi connectivity index (χ1n) is 9.25. The van der Waals surface area contributed by atoms with Crippen LogP contribution < -0.4 is 0 Å². The number of carbonyl (C=O) groups is 2. The molecule has 0 aromatic carbocycles. The molecule has 2 heterocycles. The van der Waals surface area contributed by atoms with E-state index >= 15 is 0 Å². The Bertz CT molecular complexity index is 694. The SMILES string of the molecule is CC1(C)CC(COC(=O)c2n[nH]c3c2CCN(C(=O)OC(C)(C)C)C3)C1. The highest BCUT2D eigenvalue weighted by Gasteiger charge is 2.37. The molecule has 144 valence electrons. The number of amides is 1. The van der Waals surface area contributed by atoms with E-state index < -0.39 is 5.60 Å². The number of ether oxygens (including phenoxy) is 2. The molecule has 1 aliphatic heterocycles. The second-order valence-corrected chi connectivity index (χ2v) is 9.22. The van der Waals surface area contributed by atoms with Crippen LogP contribution in [-0.2, 0) is 22.4 Å². The summed E-state index contributed by atoms with van der Waals surface area (Å²) in [5.74, 6) is 0.0734. The average Bonchev–Trinajstić information content (AvgIpc) is 2.91. The summed E-state index contributed by atoms with van der Waals surface area (Å²) in [5.41, 5.74) is 1.81. The number of nitrogens with zero attached hydrogens (tertiary/aromatic N) is 2. The van der Waals surface area contributed by atoms with Crippen molar-refractivity contribution in [3.8, 4) is 0 Å². The first-order valence-corrected chi connectivity index (χ1v) is 9.25. The molecule has 1 amide bonds. The lowest BCUT2D eigenvalue weighted by Crippen LogP contribution is -2.40. The van der Waals surface area contributed by atoms with Gasteiger partial charge in [-0.05, 0) is 51.4 Å². The molecule has 2 aliphatic rings. The topological polar surface area (TPSA) is 84.5 Å². The van der Waals surface area contributed by atoms with Crippen LogP contribution >= 0.6 is 0 Å².